The Hall–Kier alpha value is -1.36. The fourth-order valence-electron chi connectivity index (χ4n) is 0.915. The minimum absolute atomic E-state index is 0.173. The zero-order chi connectivity index (χ0) is 10.4. The molecule has 0 saturated carbocycles. The summed E-state index contributed by atoms with van der Waals surface area (Å²) >= 11 is 0. The molecule has 0 saturated heterocycles. The van der Waals surface area contributed by atoms with Crippen LogP contribution in [0.4, 0.5) is 11.6 Å². The maximum Gasteiger partial charge on any atom is 0.146 e. The van der Waals surface area contributed by atoms with E-state index in [0.29, 0.717) is 6.54 Å². The second kappa shape index (κ2) is 5.39. The van der Waals surface area contributed by atoms with Crippen molar-refractivity contribution in [3.63, 3.8) is 0 Å². The van der Waals surface area contributed by atoms with E-state index >= 15 is 0 Å². The molecule has 0 aliphatic rings. The molecule has 3 N–H and O–H groups in total. The zero-order valence-corrected chi connectivity index (χ0v) is 8.49. The van der Waals surface area contributed by atoms with E-state index in [4.69, 9.17) is 5.11 Å². The molecule has 5 heteroatoms. The molecule has 0 aliphatic heterocycles. The van der Waals surface area contributed by atoms with Gasteiger partial charge in [-0.15, -0.1) is 0 Å². The summed E-state index contributed by atoms with van der Waals surface area (Å²) in [7, 11) is 1.80. The van der Waals surface area contributed by atoms with Crippen LogP contribution < -0.4 is 10.6 Å². The molecular formula is C9H16N4O. The molecule has 1 atom stereocenters. The lowest BCUT2D eigenvalue weighted by Crippen LogP contribution is -2.15. The highest BCUT2D eigenvalue weighted by molar-refractivity contribution is 5.40. The number of rotatable bonds is 5. The SMILES string of the molecule is CNc1cncc(NCC(C)CO)n1. The van der Waals surface area contributed by atoms with Gasteiger partial charge in [0.1, 0.15) is 11.6 Å². The zero-order valence-electron chi connectivity index (χ0n) is 8.49. The third-order valence-corrected chi connectivity index (χ3v) is 1.83. The Morgan fingerprint density at radius 3 is 2.79 bits per heavy atom. The van der Waals surface area contributed by atoms with Gasteiger partial charge >= 0.3 is 0 Å². The maximum absolute atomic E-state index is 8.83. The van der Waals surface area contributed by atoms with Crippen molar-refractivity contribution in [1.82, 2.24) is 9.97 Å². The van der Waals surface area contributed by atoms with E-state index in [2.05, 4.69) is 20.6 Å². The third kappa shape index (κ3) is 3.18. The van der Waals surface area contributed by atoms with Gasteiger partial charge in [0.15, 0.2) is 0 Å². The first-order chi connectivity index (χ1) is 6.76. The summed E-state index contributed by atoms with van der Waals surface area (Å²) in [4.78, 5) is 8.24. The monoisotopic (exact) mass is 196 g/mol. The molecule has 1 unspecified atom stereocenters. The molecule has 0 fully saturated rings. The average molecular weight is 196 g/mol. The highest BCUT2D eigenvalue weighted by atomic mass is 16.3. The number of nitrogens with zero attached hydrogens (tertiary/aromatic N) is 2. The van der Waals surface area contributed by atoms with Crippen LogP contribution in [0.2, 0.25) is 0 Å². The summed E-state index contributed by atoms with van der Waals surface area (Å²) in [6, 6.07) is 0. The summed E-state index contributed by atoms with van der Waals surface area (Å²) < 4.78 is 0. The van der Waals surface area contributed by atoms with E-state index in [1.165, 1.54) is 0 Å². The van der Waals surface area contributed by atoms with Crippen molar-refractivity contribution in [3.05, 3.63) is 12.4 Å². The topological polar surface area (TPSA) is 70.1 Å². The minimum Gasteiger partial charge on any atom is -0.396 e. The molecule has 1 aromatic heterocycles. The third-order valence-electron chi connectivity index (χ3n) is 1.83. The summed E-state index contributed by atoms with van der Waals surface area (Å²) in [5.74, 6) is 1.67. The van der Waals surface area contributed by atoms with Crippen molar-refractivity contribution >= 4 is 11.6 Å². The molecule has 1 aromatic rings. The number of anilines is 2. The maximum atomic E-state index is 8.83. The second-order valence-corrected chi connectivity index (χ2v) is 3.21. The molecule has 1 heterocycles. The number of aliphatic hydroxyl groups excluding tert-OH is 1. The second-order valence-electron chi connectivity index (χ2n) is 3.21. The van der Waals surface area contributed by atoms with Gasteiger partial charge in [0.25, 0.3) is 0 Å². The van der Waals surface area contributed by atoms with Gasteiger partial charge in [-0.1, -0.05) is 6.92 Å². The average Bonchev–Trinajstić information content (AvgIpc) is 2.26. The molecule has 0 bridgehead atoms. The number of aliphatic hydroxyl groups is 1. The van der Waals surface area contributed by atoms with Crippen LogP contribution in [-0.2, 0) is 0 Å². The Morgan fingerprint density at radius 1 is 1.43 bits per heavy atom. The normalized spacial score (nSPS) is 12.2. The van der Waals surface area contributed by atoms with Crippen molar-refractivity contribution in [2.24, 2.45) is 5.92 Å². The fraction of sp³-hybridized carbons (Fsp3) is 0.556. The summed E-state index contributed by atoms with van der Waals surface area (Å²) in [5.41, 5.74) is 0. The lowest BCUT2D eigenvalue weighted by molar-refractivity contribution is 0.244. The van der Waals surface area contributed by atoms with Crippen LogP contribution in [0, 0.1) is 5.92 Å². The number of hydrogen-bond acceptors (Lipinski definition) is 5. The first-order valence-electron chi connectivity index (χ1n) is 4.60. The quantitative estimate of drug-likeness (QED) is 0.642. The van der Waals surface area contributed by atoms with Crippen LogP contribution in [0.3, 0.4) is 0 Å². The Balaban J connectivity index is 2.50. The molecule has 14 heavy (non-hydrogen) atoms. The van der Waals surface area contributed by atoms with Gasteiger partial charge in [0, 0.05) is 20.2 Å². The van der Waals surface area contributed by atoms with Crippen LogP contribution in [0.25, 0.3) is 0 Å². The van der Waals surface area contributed by atoms with Crippen molar-refractivity contribution in [2.75, 3.05) is 30.8 Å². The Kier molecular flexibility index (Phi) is 4.12. The first-order valence-corrected chi connectivity index (χ1v) is 4.60. The van der Waals surface area contributed by atoms with Crippen LogP contribution in [0.1, 0.15) is 6.92 Å². The molecular weight excluding hydrogens is 180 g/mol. The fourth-order valence-corrected chi connectivity index (χ4v) is 0.915. The van der Waals surface area contributed by atoms with E-state index in [1.807, 2.05) is 6.92 Å². The largest absolute Gasteiger partial charge is 0.396 e. The standard InChI is InChI=1S/C9H16N4O/c1-7(6-14)3-12-9-5-11-4-8(10-2)13-9/h4-5,7,14H,3,6H2,1-2H3,(H2,10,12,13). The van der Waals surface area contributed by atoms with Crippen LogP contribution in [-0.4, -0.2) is 35.3 Å². The van der Waals surface area contributed by atoms with E-state index < -0.39 is 0 Å². The van der Waals surface area contributed by atoms with E-state index in [0.717, 1.165) is 11.6 Å². The first kappa shape index (κ1) is 10.7. The van der Waals surface area contributed by atoms with Crippen LogP contribution in [0.5, 0.6) is 0 Å². The summed E-state index contributed by atoms with van der Waals surface area (Å²) in [6.07, 6.45) is 3.31. The van der Waals surface area contributed by atoms with Gasteiger partial charge < -0.3 is 15.7 Å². The molecule has 1 rings (SSSR count). The van der Waals surface area contributed by atoms with Gasteiger partial charge in [-0.25, -0.2) is 4.98 Å². The van der Waals surface area contributed by atoms with Gasteiger partial charge in [-0.2, -0.15) is 0 Å². The predicted octanol–water partition coefficient (Wildman–Crippen LogP) is 0.559. The highest BCUT2D eigenvalue weighted by Gasteiger charge is 2.00. The summed E-state index contributed by atoms with van der Waals surface area (Å²) in [5, 5.41) is 14.8. The molecule has 5 nitrogen and oxygen atoms in total. The lowest BCUT2D eigenvalue weighted by Gasteiger charge is -2.10. The smallest absolute Gasteiger partial charge is 0.146 e. The van der Waals surface area contributed by atoms with Gasteiger partial charge in [-0.3, -0.25) is 4.98 Å². The van der Waals surface area contributed by atoms with Gasteiger partial charge in [0.2, 0.25) is 0 Å². The Labute approximate surface area is 83.6 Å². The highest BCUT2D eigenvalue weighted by Crippen LogP contribution is 2.06. The number of hydrogen-bond donors (Lipinski definition) is 3. The Morgan fingerprint density at radius 2 is 2.14 bits per heavy atom. The Bertz CT molecular complexity index is 279. The number of aromatic nitrogens is 2. The predicted molar refractivity (Wildman–Crippen MR) is 56.3 cm³/mol. The van der Waals surface area contributed by atoms with E-state index in [-0.39, 0.29) is 12.5 Å². The van der Waals surface area contributed by atoms with Crippen LogP contribution >= 0.6 is 0 Å². The molecule has 0 amide bonds. The molecule has 78 valence electrons. The van der Waals surface area contributed by atoms with Gasteiger partial charge in [-0.05, 0) is 5.92 Å². The van der Waals surface area contributed by atoms with E-state index in [1.54, 1.807) is 19.4 Å². The minimum atomic E-state index is 0.173. The molecule has 0 spiro atoms. The van der Waals surface area contributed by atoms with Crippen molar-refractivity contribution in [1.29, 1.82) is 0 Å². The van der Waals surface area contributed by atoms with Crippen molar-refractivity contribution in [3.8, 4) is 0 Å². The number of nitrogens with one attached hydrogen (secondary N) is 2. The van der Waals surface area contributed by atoms with Crippen LogP contribution in [0.15, 0.2) is 12.4 Å². The van der Waals surface area contributed by atoms with E-state index in [9.17, 15) is 0 Å². The van der Waals surface area contributed by atoms with Gasteiger partial charge in [0.05, 0.1) is 12.4 Å². The lowest BCUT2D eigenvalue weighted by atomic mass is 10.2. The summed E-state index contributed by atoms with van der Waals surface area (Å²) in [6.45, 7) is 2.83. The van der Waals surface area contributed by atoms with Crippen molar-refractivity contribution in [2.45, 2.75) is 6.92 Å². The molecule has 0 aromatic carbocycles. The van der Waals surface area contributed by atoms with Crippen molar-refractivity contribution < 1.29 is 5.11 Å². The molecule has 0 aliphatic carbocycles. The molecule has 0 radical (unpaired) electrons.